The van der Waals surface area contributed by atoms with E-state index in [1.54, 1.807) is 6.08 Å². The van der Waals surface area contributed by atoms with Gasteiger partial charge in [-0.15, -0.1) is 6.58 Å². The van der Waals surface area contributed by atoms with E-state index in [4.69, 9.17) is 4.74 Å². The molecule has 56 valence electrons. The monoisotopic (exact) mass is 130 g/mol. The second-order valence-electron chi connectivity index (χ2n) is 2.22. The summed E-state index contributed by atoms with van der Waals surface area (Å²) in [5.74, 6) is 0.634. The summed E-state index contributed by atoms with van der Waals surface area (Å²) in [6, 6.07) is 0. The maximum Gasteiger partial charge on any atom is 0.0644 e. The summed E-state index contributed by atoms with van der Waals surface area (Å²) in [4.78, 5) is 0. The van der Waals surface area contributed by atoms with Crippen LogP contribution < -0.4 is 0 Å². The zero-order valence-corrected chi connectivity index (χ0v) is 5.68. The van der Waals surface area contributed by atoms with E-state index in [0.717, 1.165) is 6.61 Å². The maximum atomic E-state index is 5.13. The average molecular weight is 130 g/mol. The van der Waals surface area contributed by atoms with Gasteiger partial charge in [0, 0.05) is 6.61 Å². The Balaban J connectivity index is 0. The van der Waals surface area contributed by atoms with E-state index < -0.39 is 0 Å². The smallest absolute Gasteiger partial charge is 0.0644 e. The topological polar surface area (TPSA) is 9.23 Å². The zero-order chi connectivity index (χ0) is 6.41. The van der Waals surface area contributed by atoms with E-state index in [1.165, 1.54) is 0 Å². The highest BCUT2D eigenvalue weighted by molar-refractivity contribution is 4.63. The molecule has 9 heavy (non-hydrogen) atoms. The Morgan fingerprint density at radius 2 is 2.11 bits per heavy atom. The van der Waals surface area contributed by atoms with Gasteiger partial charge in [-0.2, -0.15) is 0 Å². The van der Waals surface area contributed by atoms with Crippen LogP contribution >= 0.6 is 0 Å². The summed E-state index contributed by atoms with van der Waals surface area (Å²) in [5.41, 5.74) is 0. The van der Waals surface area contributed by atoms with E-state index in [1.807, 2.05) is 0 Å². The molecule has 1 heteroatoms. The van der Waals surface area contributed by atoms with Crippen LogP contribution in [0, 0.1) is 5.92 Å². The summed E-state index contributed by atoms with van der Waals surface area (Å²) in [6.07, 6.45) is 1.77. The molecular formula is C8H18O. The Hall–Kier alpha value is -0.300. The highest BCUT2D eigenvalue weighted by Gasteiger charge is 1.89. The summed E-state index contributed by atoms with van der Waals surface area (Å²) in [7, 11) is 0. The van der Waals surface area contributed by atoms with E-state index in [9.17, 15) is 0 Å². The van der Waals surface area contributed by atoms with Gasteiger partial charge in [-0.3, -0.25) is 0 Å². The molecule has 0 saturated heterocycles. The third-order valence-corrected chi connectivity index (χ3v) is 0.687. The van der Waals surface area contributed by atoms with Crippen molar-refractivity contribution in [2.45, 2.75) is 21.3 Å². The van der Waals surface area contributed by atoms with Gasteiger partial charge in [-0.25, -0.2) is 0 Å². The number of hydrogen-bond acceptors (Lipinski definition) is 1. The van der Waals surface area contributed by atoms with Crippen LogP contribution in [0.4, 0.5) is 0 Å². The predicted octanol–water partition coefficient (Wildman–Crippen LogP) is 2.48. The van der Waals surface area contributed by atoms with Crippen LogP contribution in [0.15, 0.2) is 12.7 Å². The second-order valence-corrected chi connectivity index (χ2v) is 2.22. The quantitative estimate of drug-likeness (QED) is 0.419. The van der Waals surface area contributed by atoms with Crippen molar-refractivity contribution < 1.29 is 4.74 Å². The molecule has 0 aromatic rings. The minimum Gasteiger partial charge on any atom is -0.377 e. The van der Waals surface area contributed by atoms with Crippen LogP contribution in [0.3, 0.4) is 0 Å². The van der Waals surface area contributed by atoms with E-state index in [2.05, 4.69) is 20.4 Å². The van der Waals surface area contributed by atoms with Gasteiger partial charge in [-0.05, 0) is 5.92 Å². The van der Waals surface area contributed by atoms with Gasteiger partial charge in [0.1, 0.15) is 0 Å². The van der Waals surface area contributed by atoms with Crippen molar-refractivity contribution in [1.29, 1.82) is 0 Å². The summed E-state index contributed by atoms with van der Waals surface area (Å²) < 4.78 is 5.13. The lowest BCUT2D eigenvalue weighted by atomic mass is 10.2. The molecule has 0 amide bonds. The average Bonchev–Trinajstić information content (AvgIpc) is 1.66. The molecule has 0 aliphatic carbocycles. The van der Waals surface area contributed by atoms with Crippen molar-refractivity contribution in [1.82, 2.24) is 0 Å². The second kappa shape index (κ2) is 7.70. The Bertz CT molecular complexity index is 57.6. The van der Waals surface area contributed by atoms with Gasteiger partial charge >= 0.3 is 0 Å². The molecule has 0 aromatic heterocycles. The highest BCUT2D eigenvalue weighted by Crippen LogP contribution is 1.90. The number of rotatable bonds is 4. The Morgan fingerprint density at radius 1 is 1.56 bits per heavy atom. The SMILES string of the molecule is C.C=CCOCC(C)C. The van der Waals surface area contributed by atoms with Gasteiger partial charge < -0.3 is 4.74 Å². The molecule has 0 unspecified atom stereocenters. The third-order valence-electron chi connectivity index (χ3n) is 0.687. The molecule has 0 saturated carbocycles. The molecule has 0 heterocycles. The largest absolute Gasteiger partial charge is 0.377 e. The van der Waals surface area contributed by atoms with Crippen LogP contribution in [-0.4, -0.2) is 13.2 Å². The lowest BCUT2D eigenvalue weighted by molar-refractivity contribution is 0.135. The van der Waals surface area contributed by atoms with Crippen molar-refractivity contribution in [3.8, 4) is 0 Å². The van der Waals surface area contributed by atoms with Gasteiger partial charge in [0.2, 0.25) is 0 Å². The van der Waals surface area contributed by atoms with Crippen molar-refractivity contribution in [2.24, 2.45) is 5.92 Å². The van der Waals surface area contributed by atoms with Gasteiger partial charge in [0.05, 0.1) is 6.61 Å². The molecule has 0 fully saturated rings. The van der Waals surface area contributed by atoms with E-state index in [-0.39, 0.29) is 7.43 Å². The molecule has 0 aromatic carbocycles. The normalized spacial score (nSPS) is 8.78. The minimum atomic E-state index is 0. The Kier molecular flexibility index (Phi) is 9.83. The first-order valence-electron chi connectivity index (χ1n) is 2.96. The Morgan fingerprint density at radius 3 is 2.44 bits per heavy atom. The van der Waals surface area contributed by atoms with Crippen LogP contribution in [0.2, 0.25) is 0 Å². The molecule has 0 atom stereocenters. The van der Waals surface area contributed by atoms with Crippen LogP contribution in [0.1, 0.15) is 21.3 Å². The van der Waals surface area contributed by atoms with Gasteiger partial charge in [-0.1, -0.05) is 27.4 Å². The van der Waals surface area contributed by atoms with Crippen LogP contribution in [-0.2, 0) is 4.74 Å². The third kappa shape index (κ3) is 11.3. The van der Waals surface area contributed by atoms with Crippen molar-refractivity contribution in [3.63, 3.8) is 0 Å². The fourth-order valence-electron chi connectivity index (χ4n) is 0.387. The zero-order valence-electron chi connectivity index (χ0n) is 5.68. The molecule has 0 radical (unpaired) electrons. The predicted molar refractivity (Wildman–Crippen MR) is 42.6 cm³/mol. The molecule has 0 rings (SSSR count). The summed E-state index contributed by atoms with van der Waals surface area (Å²) >= 11 is 0. The molecule has 0 spiro atoms. The summed E-state index contributed by atoms with van der Waals surface area (Å²) in [6.45, 7) is 9.31. The highest BCUT2D eigenvalue weighted by atomic mass is 16.5. The van der Waals surface area contributed by atoms with Gasteiger partial charge in [0.25, 0.3) is 0 Å². The minimum absolute atomic E-state index is 0. The fraction of sp³-hybridized carbons (Fsp3) is 0.750. The van der Waals surface area contributed by atoms with Crippen LogP contribution in [0.25, 0.3) is 0 Å². The summed E-state index contributed by atoms with van der Waals surface area (Å²) in [5, 5.41) is 0. The molecular weight excluding hydrogens is 112 g/mol. The first-order valence-corrected chi connectivity index (χ1v) is 2.96. The first-order chi connectivity index (χ1) is 3.77. The van der Waals surface area contributed by atoms with Crippen LogP contribution in [0.5, 0.6) is 0 Å². The lowest BCUT2D eigenvalue weighted by Gasteiger charge is -2.02. The Labute approximate surface area is 58.7 Å². The molecule has 1 nitrogen and oxygen atoms in total. The molecule has 0 bridgehead atoms. The van der Waals surface area contributed by atoms with Crippen molar-refractivity contribution in [2.75, 3.05) is 13.2 Å². The standard InChI is InChI=1S/C7H14O.CH4/c1-4-5-8-6-7(2)3;/h4,7H,1,5-6H2,2-3H3;1H4. The van der Waals surface area contributed by atoms with Crippen molar-refractivity contribution >= 4 is 0 Å². The van der Waals surface area contributed by atoms with E-state index in [0.29, 0.717) is 12.5 Å². The first kappa shape index (κ1) is 11.5. The van der Waals surface area contributed by atoms with Gasteiger partial charge in [0.15, 0.2) is 0 Å². The molecule has 0 aliphatic rings. The number of ether oxygens (including phenoxy) is 1. The lowest BCUT2D eigenvalue weighted by Crippen LogP contribution is -2.00. The van der Waals surface area contributed by atoms with E-state index >= 15 is 0 Å². The van der Waals surface area contributed by atoms with Crippen molar-refractivity contribution in [3.05, 3.63) is 12.7 Å². The molecule has 0 N–H and O–H groups in total. The fourth-order valence-corrected chi connectivity index (χ4v) is 0.387. The maximum absolute atomic E-state index is 5.13. The molecule has 0 aliphatic heterocycles. The number of hydrogen-bond donors (Lipinski definition) is 0.